The Bertz CT molecular complexity index is 730. The molecule has 26 heavy (non-hydrogen) atoms. The molecule has 0 saturated carbocycles. The second kappa shape index (κ2) is 8.89. The van der Waals surface area contributed by atoms with Crippen molar-refractivity contribution in [1.29, 1.82) is 0 Å². The summed E-state index contributed by atoms with van der Waals surface area (Å²) in [5.41, 5.74) is 1.67. The van der Waals surface area contributed by atoms with E-state index in [9.17, 15) is 14.3 Å². The zero-order valence-electron chi connectivity index (χ0n) is 14.5. The summed E-state index contributed by atoms with van der Waals surface area (Å²) in [4.78, 5) is 14.4. The Balaban J connectivity index is 1.53. The van der Waals surface area contributed by atoms with Crippen LogP contribution >= 0.6 is 0 Å². The highest BCUT2D eigenvalue weighted by molar-refractivity contribution is 6.04. The van der Waals surface area contributed by atoms with Gasteiger partial charge in [0.1, 0.15) is 5.82 Å². The molecule has 1 saturated heterocycles. The second-order valence-corrected chi connectivity index (χ2v) is 6.34. The number of amides is 1. The SMILES string of the molecule is O=C(Nc1ccc(C(O)CCN2CCOCC2)cc1)c1cccc(F)c1. The highest BCUT2D eigenvalue weighted by Crippen LogP contribution is 2.20. The van der Waals surface area contributed by atoms with Gasteiger partial charge in [0.15, 0.2) is 0 Å². The Morgan fingerprint density at radius 2 is 1.92 bits per heavy atom. The lowest BCUT2D eigenvalue weighted by Gasteiger charge is -2.27. The van der Waals surface area contributed by atoms with Gasteiger partial charge in [-0.25, -0.2) is 4.39 Å². The van der Waals surface area contributed by atoms with E-state index in [0.717, 1.165) is 38.4 Å². The van der Waals surface area contributed by atoms with Crippen LogP contribution in [0.4, 0.5) is 10.1 Å². The summed E-state index contributed by atoms with van der Waals surface area (Å²) < 4.78 is 18.5. The van der Waals surface area contributed by atoms with Gasteiger partial charge in [-0.05, 0) is 42.3 Å². The van der Waals surface area contributed by atoms with Crippen LogP contribution in [-0.4, -0.2) is 48.8 Å². The molecule has 2 aromatic rings. The molecule has 0 bridgehead atoms. The van der Waals surface area contributed by atoms with Crippen molar-refractivity contribution in [1.82, 2.24) is 4.90 Å². The smallest absolute Gasteiger partial charge is 0.255 e. The van der Waals surface area contributed by atoms with Gasteiger partial charge in [0.05, 0.1) is 19.3 Å². The van der Waals surface area contributed by atoms with Crippen molar-refractivity contribution in [3.63, 3.8) is 0 Å². The average molecular weight is 358 g/mol. The predicted molar refractivity (Wildman–Crippen MR) is 97.6 cm³/mol. The first-order chi connectivity index (χ1) is 12.6. The number of aliphatic hydroxyl groups is 1. The maximum atomic E-state index is 13.2. The van der Waals surface area contributed by atoms with Crippen molar-refractivity contribution < 1.29 is 19.0 Å². The van der Waals surface area contributed by atoms with Crippen LogP contribution in [0.3, 0.4) is 0 Å². The highest BCUT2D eigenvalue weighted by atomic mass is 19.1. The number of anilines is 1. The lowest BCUT2D eigenvalue weighted by atomic mass is 10.1. The van der Waals surface area contributed by atoms with Crippen LogP contribution in [0.2, 0.25) is 0 Å². The molecule has 1 aliphatic rings. The first kappa shape index (κ1) is 18.5. The monoisotopic (exact) mass is 358 g/mol. The van der Waals surface area contributed by atoms with Crippen LogP contribution in [0, 0.1) is 5.82 Å². The fourth-order valence-corrected chi connectivity index (χ4v) is 2.92. The van der Waals surface area contributed by atoms with E-state index in [4.69, 9.17) is 4.74 Å². The maximum Gasteiger partial charge on any atom is 0.255 e. The molecule has 1 fully saturated rings. The van der Waals surface area contributed by atoms with Crippen LogP contribution in [-0.2, 0) is 4.74 Å². The Morgan fingerprint density at radius 3 is 2.62 bits per heavy atom. The van der Waals surface area contributed by atoms with E-state index < -0.39 is 11.9 Å². The molecule has 0 radical (unpaired) electrons. The van der Waals surface area contributed by atoms with E-state index >= 15 is 0 Å². The van der Waals surface area contributed by atoms with Gasteiger partial charge >= 0.3 is 0 Å². The van der Waals surface area contributed by atoms with Crippen LogP contribution in [0.1, 0.15) is 28.4 Å². The number of benzene rings is 2. The number of morpholine rings is 1. The van der Waals surface area contributed by atoms with Crippen molar-refractivity contribution in [3.05, 3.63) is 65.5 Å². The number of carbonyl (C=O) groups excluding carboxylic acids is 1. The summed E-state index contributed by atoms with van der Waals surface area (Å²) >= 11 is 0. The number of hydrogen-bond donors (Lipinski definition) is 2. The molecule has 0 spiro atoms. The van der Waals surface area contributed by atoms with Gasteiger partial charge in [0.25, 0.3) is 5.91 Å². The summed E-state index contributed by atoms with van der Waals surface area (Å²) in [6.45, 7) is 4.11. The van der Waals surface area contributed by atoms with Crippen LogP contribution in [0.25, 0.3) is 0 Å². The third-order valence-corrected chi connectivity index (χ3v) is 4.46. The van der Waals surface area contributed by atoms with Gasteiger partial charge in [0, 0.05) is 30.9 Å². The molecule has 5 nitrogen and oxygen atoms in total. The third-order valence-electron chi connectivity index (χ3n) is 4.46. The summed E-state index contributed by atoms with van der Waals surface area (Å²) in [6.07, 6.45) is 0.0976. The maximum absolute atomic E-state index is 13.2. The summed E-state index contributed by atoms with van der Waals surface area (Å²) in [5.74, 6) is -0.818. The molecule has 2 N–H and O–H groups in total. The van der Waals surface area contributed by atoms with Gasteiger partial charge in [-0.3, -0.25) is 9.69 Å². The summed E-state index contributed by atoms with van der Waals surface area (Å²) in [7, 11) is 0. The molecule has 0 aromatic heterocycles. The molecule has 2 aromatic carbocycles. The molecule has 1 atom stereocenters. The van der Waals surface area contributed by atoms with Crippen molar-refractivity contribution >= 4 is 11.6 Å². The molecule has 1 heterocycles. The average Bonchev–Trinajstić information content (AvgIpc) is 2.67. The first-order valence-electron chi connectivity index (χ1n) is 8.77. The van der Waals surface area contributed by atoms with Crippen LogP contribution in [0.15, 0.2) is 48.5 Å². The largest absolute Gasteiger partial charge is 0.388 e. The number of nitrogens with zero attached hydrogens (tertiary/aromatic N) is 1. The normalized spacial score (nSPS) is 16.2. The number of hydrogen-bond acceptors (Lipinski definition) is 4. The minimum atomic E-state index is -0.550. The van der Waals surface area contributed by atoms with Gasteiger partial charge in [0.2, 0.25) is 0 Å². The topological polar surface area (TPSA) is 61.8 Å². The Labute approximate surface area is 152 Å². The van der Waals surface area contributed by atoms with E-state index in [2.05, 4.69) is 10.2 Å². The van der Waals surface area contributed by atoms with Crippen LogP contribution in [0.5, 0.6) is 0 Å². The number of halogens is 1. The van der Waals surface area contributed by atoms with E-state index in [-0.39, 0.29) is 11.5 Å². The molecule has 1 unspecified atom stereocenters. The Kier molecular flexibility index (Phi) is 6.33. The summed E-state index contributed by atoms with van der Waals surface area (Å²) in [6, 6.07) is 12.6. The van der Waals surface area contributed by atoms with Gasteiger partial charge in [-0.15, -0.1) is 0 Å². The predicted octanol–water partition coefficient (Wildman–Crippen LogP) is 2.83. The van der Waals surface area contributed by atoms with Crippen LogP contribution < -0.4 is 5.32 Å². The fourth-order valence-electron chi connectivity index (χ4n) is 2.92. The third kappa shape index (κ3) is 5.11. The molecule has 6 heteroatoms. The lowest BCUT2D eigenvalue weighted by molar-refractivity contribution is 0.0300. The van der Waals surface area contributed by atoms with E-state index in [1.54, 1.807) is 30.3 Å². The van der Waals surface area contributed by atoms with Crippen molar-refractivity contribution in [2.24, 2.45) is 0 Å². The minimum Gasteiger partial charge on any atom is -0.388 e. The Hall–Kier alpha value is -2.28. The first-order valence-corrected chi connectivity index (χ1v) is 8.77. The zero-order chi connectivity index (χ0) is 18.4. The van der Waals surface area contributed by atoms with Gasteiger partial charge < -0.3 is 15.2 Å². The molecular formula is C20H23FN2O3. The second-order valence-electron chi connectivity index (χ2n) is 6.34. The quantitative estimate of drug-likeness (QED) is 0.834. The minimum absolute atomic E-state index is 0.264. The Morgan fingerprint density at radius 1 is 1.19 bits per heavy atom. The number of nitrogens with one attached hydrogen (secondary N) is 1. The standard InChI is InChI=1S/C20H23FN2O3/c21-17-3-1-2-16(14-17)20(25)22-18-6-4-15(5-7-18)19(24)8-9-23-10-12-26-13-11-23/h1-7,14,19,24H,8-13H2,(H,22,25). The lowest BCUT2D eigenvalue weighted by Crippen LogP contribution is -2.37. The number of carbonyl (C=O) groups is 1. The van der Waals surface area contributed by atoms with E-state index in [1.165, 1.54) is 18.2 Å². The number of rotatable bonds is 6. The zero-order valence-corrected chi connectivity index (χ0v) is 14.5. The van der Waals surface area contributed by atoms with Crippen molar-refractivity contribution in [2.75, 3.05) is 38.2 Å². The molecule has 0 aliphatic carbocycles. The van der Waals surface area contributed by atoms with E-state index in [0.29, 0.717) is 12.1 Å². The van der Waals surface area contributed by atoms with Gasteiger partial charge in [-0.1, -0.05) is 18.2 Å². The number of aliphatic hydroxyl groups excluding tert-OH is 1. The molecule has 1 aliphatic heterocycles. The molecule has 138 valence electrons. The fraction of sp³-hybridized carbons (Fsp3) is 0.350. The number of ether oxygens (including phenoxy) is 1. The van der Waals surface area contributed by atoms with Crippen molar-refractivity contribution in [2.45, 2.75) is 12.5 Å². The highest BCUT2D eigenvalue weighted by Gasteiger charge is 2.14. The van der Waals surface area contributed by atoms with E-state index in [1.807, 2.05) is 0 Å². The van der Waals surface area contributed by atoms with Gasteiger partial charge in [-0.2, -0.15) is 0 Å². The summed E-state index contributed by atoms with van der Waals surface area (Å²) in [5, 5.41) is 13.1. The molecule has 1 amide bonds. The molecule has 3 rings (SSSR count). The molecular weight excluding hydrogens is 335 g/mol. The van der Waals surface area contributed by atoms with Crippen molar-refractivity contribution in [3.8, 4) is 0 Å².